The zero-order valence-electron chi connectivity index (χ0n) is 7.83. The molecular weight excluding hydrogens is 168 g/mol. The molecule has 2 heterocycles. The molecule has 0 aromatic rings. The molecule has 0 aliphatic carbocycles. The zero-order chi connectivity index (χ0) is 9.10. The molecule has 0 aromatic heterocycles. The van der Waals surface area contributed by atoms with Crippen molar-refractivity contribution < 1.29 is 9.84 Å². The van der Waals surface area contributed by atoms with Crippen LogP contribution in [0.1, 0.15) is 12.8 Å². The Bertz CT molecular complexity index is 160. The van der Waals surface area contributed by atoms with Gasteiger partial charge in [0, 0.05) is 6.04 Å². The Morgan fingerprint density at radius 2 is 2.00 bits per heavy atom. The van der Waals surface area contributed by atoms with Crippen molar-refractivity contribution in [2.24, 2.45) is 0 Å². The molecule has 4 nitrogen and oxygen atoms in total. The van der Waals surface area contributed by atoms with Gasteiger partial charge in [-0.1, -0.05) is 0 Å². The Labute approximate surface area is 78.7 Å². The Kier molecular flexibility index (Phi) is 3.16. The van der Waals surface area contributed by atoms with E-state index in [4.69, 9.17) is 4.74 Å². The van der Waals surface area contributed by atoms with Crippen LogP contribution in [-0.4, -0.2) is 49.6 Å². The summed E-state index contributed by atoms with van der Waals surface area (Å²) in [6.07, 6.45) is 2.00. The predicted molar refractivity (Wildman–Crippen MR) is 49.6 cm³/mol. The highest BCUT2D eigenvalue weighted by Gasteiger charge is 2.28. The second-order valence-corrected chi connectivity index (χ2v) is 3.90. The number of piperidine rings is 1. The number of nitrogens with one attached hydrogen (secondary N) is 2. The lowest BCUT2D eigenvalue weighted by Crippen LogP contribution is -2.48. The molecule has 3 N–H and O–H groups in total. The van der Waals surface area contributed by atoms with E-state index in [0.29, 0.717) is 19.3 Å². The van der Waals surface area contributed by atoms with Gasteiger partial charge in [-0.3, -0.25) is 0 Å². The highest BCUT2D eigenvalue weighted by atomic mass is 16.5. The first-order valence-corrected chi connectivity index (χ1v) is 5.09. The van der Waals surface area contributed by atoms with E-state index >= 15 is 0 Å². The fourth-order valence-electron chi connectivity index (χ4n) is 1.99. The molecule has 13 heavy (non-hydrogen) atoms. The van der Waals surface area contributed by atoms with Crippen molar-refractivity contribution >= 4 is 0 Å². The maximum Gasteiger partial charge on any atom is 0.0948 e. The van der Waals surface area contributed by atoms with Gasteiger partial charge in [-0.05, 0) is 25.9 Å². The average molecular weight is 186 g/mol. The van der Waals surface area contributed by atoms with E-state index in [2.05, 4.69) is 10.6 Å². The van der Waals surface area contributed by atoms with E-state index < -0.39 is 0 Å². The summed E-state index contributed by atoms with van der Waals surface area (Å²) >= 11 is 0. The van der Waals surface area contributed by atoms with Gasteiger partial charge in [0.2, 0.25) is 0 Å². The van der Waals surface area contributed by atoms with Crippen LogP contribution in [0.4, 0.5) is 0 Å². The highest BCUT2D eigenvalue weighted by Crippen LogP contribution is 2.09. The normalized spacial score (nSPS) is 36.7. The summed E-state index contributed by atoms with van der Waals surface area (Å²) in [5, 5.41) is 16.3. The van der Waals surface area contributed by atoms with Crippen molar-refractivity contribution in [1.82, 2.24) is 10.6 Å². The minimum atomic E-state index is -0.310. The van der Waals surface area contributed by atoms with Gasteiger partial charge in [-0.15, -0.1) is 0 Å². The highest BCUT2D eigenvalue weighted by molar-refractivity contribution is 4.85. The number of aliphatic hydroxyl groups excluding tert-OH is 1. The molecule has 2 rings (SSSR count). The van der Waals surface area contributed by atoms with E-state index in [9.17, 15) is 5.11 Å². The van der Waals surface area contributed by atoms with Crippen LogP contribution in [0, 0.1) is 0 Å². The lowest BCUT2D eigenvalue weighted by molar-refractivity contribution is 0.120. The van der Waals surface area contributed by atoms with E-state index in [1.54, 1.807) is 0 Å². The van der Waals surface area contributed by atoms with Crippen LogP contribution in [0.5, 0.6) is 0 Å². The molecule has 4 heteroatoms. The molecule has 0 saturated carbocycles. The minimum absolute atomic E-state index is 0.156. The average Bonchev–Trinajstić information content (AvgIpc) is 2.54. The summed E-state index contributed by atoms with van der Waals surface area (Å²) in [7, 11) is 0. The van der Waals surface area contributed by atoms with Crippen molar-refractivity contribution in [2.75, 3.05) is 26.3 Å². The van der Waals surface area contributed by atoms with Crippen molar-refractivity contribution in [3.05, 3.63) is 0 Å². The Morgan fingerprint density at radius 3 is 2.62 bits per heavy atom. The van der Waals surface area contributed by atoms with Gasteiger partial charge in [0.15, 0.2) is 0 Å². The summed E-state index contributed by atoms with van der Waals surface area (Å²) in [5.41, 5.74) is 0. The van der Waals surface area contributed by atoms with Crippen LogP contribution in [0.25, 0.3) is 0 Å². The van der Waals surface area contributed by atoms with Crippen LogP contribution in [0.3, 0.4) is 0 Å². The fourth-order valence-corrected chi connectivity index (χ4v) is 1.99. The quantitative estimate of drug-likeness (QED) is 0.522. The Hall–Kier alpha value is -0.160. The van der Waals surface area contributed by atoms with Crippen molar-refractivity contribution in [2.45, 2.75) is 31.0 Å². The number of aliphatic hydroxyl groups is 1. The van der Waals surface area contributed by atoms with Crippen molar-refractivity contribution in [3.8, 4) is 0 Å². The summed E-state index contributed by atoms with van der Waals surface area (Å²) in [5.74, 6) is 0. The molecule has 0 amide bonds. The smallest absolute Gasteiger partial charge is 0.0948 e. The third-order valence-corrected chi connectivity index (χ3v) is 2.84. The van der Waals surface area contributed by atoms with Gasteiger partial charge in [0.25, 0.3) is 0 Å². The van der Waals surface area contributed by atoms with Crippen molar-refractivity contribution in [1.29, 1.82) is 0 Å². The van der Waals surface area contributed by atoms with Crippen LogP contribution >= 0.6 is 0 Å². The van der Waals surface area contributed by atoms with E-state index in [1.807, 2.05) is 0 Å². The van der Waals surface area contributed by atoms with Crippen LogP contribution in [0.2, 0.25) is 0 Å². The summed E-state index contributed by atoms with van der Waals surface area (Å²) in [6.45, 7) is 3.32. The second kappa shape index (κ2) is 4.37. The third-order valence-electron chi connectivity index (χ3n) is 2.84. The number of rotatable bonds is 2. The molecule has 2 atom stereocenters. The number of hydrogen-bond donors (Lipinski definition) is 3. The number of hydrogen-bond acceptors (Lipinski definition) is 4. The molecule has 2 aliphatic rings. The minimum Gasteiger partial charge on any atom is -0.389 e. The molecule has 0 aromatic carbocycles. The lowest BCUT2D eigenvalue weighted by atomic mass is 10.0. The molecule has 76 valence electrons. The SMILES string of the molecule is OC1COCC1NC1CCNCC1. The third kappa shape index (κ3) is 2.40. The molecule has 0 bridgehead atoms. The van der Waals surface area contributed by atoms with Crippen molar-refractivity contribution in [3.63, 3.8) is 0 Å². The van der Waals surface area contributed by atoms with E-state index in [0.717, 1.165) is 25.9 Å². The van der Waals surface area contributed by atoms with Gasteiger partial charge in [-0.2, -0.15) is 0 Å². The van der Waals surface area contributed by atoms with E-state index in [-0.39, 0.29) is 12.1 Å². The number of ether oxygens (including phenoxy) is 1. The molecule has 2 unspecified atom stereocenters. The standard InChI is InChI=1S/C9H18N2O2/c12-9-6-13-5-8(9)11-7-1-3-10-4-2-7/h7-12H,1-6H2. The van der Waals surface area contributed by atoms with Gasteiger partial charge in [0.1, 0.15) is 0 Å². The molecule has 2 aliphatic heterocycles. The summed E-state index contributed by atoms with van der Waals surface area (Å²) in [4.78, 5) is 0. The first-order valence-electron chi connectivity index (χ1n) is 5.09. The molecule has 0 radical (unpaired) electrons. The van der Waals surface area contributed by atoms with Crippen LogP contribution < -0.4 is 10.6 Å². The summed E-state index contributed by atoms with van der Waals surface area (Å²) in [6, 6.07) is 0.714. The summed E-state index contributed by atoms with van der Waals surface area (Å²) < 4.78 is 5.18. The van der Waals surface area contributed by atoms with Gasteiger partial charge in [0.05, 0.1) is 25.4 Å². The zero-order valence-corrected chi connectivity index (χ0v) is 7.83. The van der Waals surface area contributed by atoms with Gasteiger partial charge in [-0.25, -0.2) is 0 Å². The Balaban J connectivity index is 1.75. The molecule has 2 fully saturated rings. The van der Waals surface area contributed by atoms with Crippen LogP contribution in [0.15, 0.2) is 0 Å². The topological polar surface area (TPSA) is 53.5 Å². The molecule has 0 spiro atoms. The first-order chi connectivity index (χ1) is 6.36. The largest absolute Gasteiger partial charge is 0.389 e. The molecular formula is C9H18N2O2. The first kappa shape index (κ1) is 9.40. The predicted octanol–water partition coefficient (Wildman–Crippen LogP) is -0.912. The lowest BCUT2D eigenvalue weighted by Gasteiger charge is -2.27. The van der Waals surface area contributed by atoms with Gasteiger partial charge < -0.3 is 20.5 Å². The monoisotopic (exact) mass is 186 g/mol. The maximum absolute atomic E-state index is 9.52. The second-order valence-electron chi connectivity index (χ2n) is 3.90. The van der Waals surface area contributed by atoms with Gasteiger partial charge >= 0.3 is 0 Å². The van der Waals surface area contributed by atoms with E-state index in [1.165, 1.54) is 0 Å². The Morgan fingerprint density at radius 1 is 1.23 bits per heavy atom. The molecule has 2 saturated heterocycles. The van der Waals surface area contributed by atoms with Crippen LogP contribution in [-0.2, 0) is 4.74 Å². The fraction of sp³-hybridized carbons (Fsp3) is 1.00. The maximum atomic E-state index is 9.52.